The summed E-state index contributed by atoms with van der Waals surface area (Å²) in [4.78, 5) is 28.3. The number of aliphatic hydroxyl groups excluding tert-OH is 1. The highest BCUT2D eigenvalue weighted by Crippen LogP contribution is 2.31. The van der Waals surface area contributed by atoms with Crippen molar-refractivity contribution in [1.29, 1.82) is 0 Å². The van der Waals surface area contributed by atoms with Gasteiger partial charge in [-0.05, 0) is 75.7 Å². The summed E-state index contributed by atoms with van der Waals surface area (Å²) in [6.07, 6.45) is 0.0198. The van der Waals surface area contributed by atoms with E-state index in [1.165, 1.54) is 0 Å². The third-order valence-electron chi connectivity index (χ3n) is 6.10. The number of fused-ring (bicyclic) bond motifs is 1. The molecule has 1 heterocycles. The van der Waals surface area contributed by atoms with Crippen LogP contribution >= 0.6 is 11.6 Å². The fourth-order valence-corrected chi connectivity index (χ4v) is 4.29. The van der Waals surface area contributed by atoms with E-state index in [4.69, 9.17) is 21.1 Å². The zero-order valence-corrected chi connectivity index (χ0v) is 21.7. The van der Waals surface area contributed by atoms with Gasteiger partial charge in [0.25, 0.3) is 5.91 Å². The Kier molecular flexibility index (Phi) is 8.59. The monoisotopic (exact) mass is 500 g/mol. The predicted molar refractivity (Wildman–Crippen MR) is 137 cm³/mol. The minimum Gasteiger partial charge on any atom is -0.497 e. The molecule has 0 atom stereocenters. The summed E-state index contributed by atoms with van der Waals surface area (Å²) in [5.41, 5.74) is 2.41. The van der Waals surface area contributed by atoms with Crippen LogP contribution in [-0.2, 0) is 16.0 Å². The van der Waals surface area contributed by atoms with E-state index >= 15 is 0 Å². The molecule has 0 radical (unpaired) electrons. The van der Waals surface area contributed by atoms with Gasteiger partial charge in [-0.3, -0.25) is 19.1 Å². The molecule has 2 aromatic carbocycles. The van der Waals surface area contributed by atoms with Crippen molar-refractivity contribution in [2.24, 2.45) is 0 Å². The summed E-state index contributed by atoms with van der Waals surface area (Å²) in [5.74, 6) is 0.0403. The minimum absolute atomic E-state index is 0.0198. The molecule has 0 unspecified atom stereocenters. The van der Waals surface area contributed by atoms with Crippen LogP contribution in [0.15, 0.2) is 42.5 Å². The third-order valence-corrected chi connectivity index (χ3v) is 6.35. The zero-order chi connectivity index (χ0) is 25.8. The first-order chi connectivity index (χ1) is 16.6. The number of carbonyl (C=O) groups excluding carboxylic acids is 2. The Morgan fingerprint density at radius 3 is 2.37 bits per heavy atom. The number of hydrogen-bond donors (Lipinski definition) is 1. The van der Waals surface area contributed by atoms with E-state index in [-0.39, 0.29) is 37.0 Å². The maximum absolute atomic E-state index is 13.4. The highest BCUT2D eigenvalue weighted by atomic mass is 35.5. The van der Waals surface area contributed by atoms with Gasteiger partial charge in [0.15, 0.2) is 0 Å². The van der Waals surface area contributed by atoms with Crippen molar-refractivity contribution in [2.75, 3.05) is 33.4 Å². The Balaban J connectivity index is 1.87. The molecule has 1 N–H and O–H groups in total. The summed E-state index contributed by atoms with van der Waals surface area (Å²) in [7, 11) is 1.57. The van der Waals surface area contributed by atoms with E-state index in [1.807, 2.05) is 39.8 Å². The number of rotatable bonds is 9. The van der Waals surface area contributed by atoms with Gasteiger partial charge in [0, 0.05) is 40.3 Å². The van der Waals surface area contributed by atoms with Crippen molar-refractivity contribution in [1.82, 2.24) is 9.47 Å². The molecule has 7 nitrogen and oxygen atoms in total. The second-order valence-electron chi connectivity index (χ2n) is 9.37. The van der Waals surface area contributed by atoms with Crippen LogP contribution < -0.4 is 4.74 Å². The highest BCUT2D eigenvalue weighted by Gasteiger charge is 2.24. The molecular weight excluding hydrogens is 468 g/mol. The van der Waals surface area contributed by atoms with E-state index in [1.54, 1.807) is 42.0 Å². The van der Waals surface area contributed by atoms with Crippen molar-refractivity contribution >= 4 is 34.4 Å². The number of methoxy groups -OCH3 is 1. The van der Waals surface area contributed by atoms with Crippen molar-refractivity contribution < 1.29 is 24.2 Å². The van der Waals surface area contributed by atoms with Crippen LogP contribution in [0.1, 0.15) is 42.4 Å². The van der Waals surface area contributed by atoms with E-state index < -0.39 is 0 Å². The number of aromatic nitrogens is 1. The first kappa shape index (κ1) is 26.7. The fourth-order valence-electron chi connectivity index (χ4n) is 4.16. The van der Waals surface area contributed by atoms with Crippen LogP contribution in [0.4, 0.5) is 0 Å². The fraction of sp³-hybridized carbons (Fsp3) is 0.407. The Bertz CT molecular complexity index is 1190. The molecule has 0 aliphatic heterocycles. The molecular formula is C27H33ClN2O5. The molecule has 1 aromatic heterocycles. The van der Waals surface area contributed by atoms with Crippen molar-refractivity contribution in [3.63, 3.8) is 0 Å². The van der Waals surface area contributed by atoms with Crippen LogP contribution in [0.25, 0.3) is 10.9 Å². The molecule has 3 aromatic rings. The van der Waals surface area contributed by atoms with Crippen molar-refractivity contribution in [3.05, 3.63) is 64.3 Å². The standard InChI is InChI=1S/C27H33ClN2O5/c1-18-22(17-25(32)35-15-13-29(12-14-31)27(2,3)4)23-16-21(34-5)10-11-24(23)30(18)26(33)19-6-8-20(28)9-7-19/h6-11,16,31H,12-15,17H2,1-5H3. The summed E-state index contributed by atoms with van der Waals surface area (Å²) < 4.78 is 12.5. The smallest absolute Gasteiger partial charge is 0.310 e. The van der Waals surface area contributed by atoms with Gasteiger partial charge in [-0.2, -0.15) is 0 Å². The number of aliphatic hydroxyl groups is 1. The van der Waals surface area contributed by atoms with Gasteiger partial charge < -0.3 is 14.6 Å². The number of halogens is 1. The highest BCUT2D eigenvalue weighted by molar-refractivity contribution is 6.30. The Hall–Kier alpha value is -2.87. The lowest BCUT2D eigenvalue weighted by atomic mass is 10.1. The molecule has 0 aliphatic rings. The molecule has 0 bridgehead atoms. The van der Waals surface area contributed by atoms with E-state index in [0.29, 0.717) is 46.2 Å². The topological polar surface area (TPSA) is 81.0 Å². The number of ether oxygens (including phenoxy) is 2. The second kappa shape index (κ2) is 11.2. The second-order valence-corrected chi connectivity index (χ2v) is 9.81. The van der Waals surface area contributed by atoms with Crippen LogP contribution in [-0.4, -0.2) is 65.4 Å². The van der Waals surface area contributed by atoms with Gasteiger partial charge in [-0.25, -0.2) is 0 Å². The zero-order valence-electron chi connectivity index (χ0n) is 20.9. The maximum Gasteiger partial charge on any atom is 0.310 e. The molecule has 8 heteroatoms. The van der Waals surface area contributed by atoms with Gasteiger partial charge in [0.1, 0.15) is 12.4 Å². The number of benzene rings is 2. The summed E-state index contributed by atoms with van der Waals surface area (Å²) in [6.45, 7) is 9.23. The van der Waals surface area contributed by atoms with Crippen molar-refractivity contribution in [3.8, 4) is 5.75 Å². The predicted octanol–water partition coefficient (Wildman–Crippen LogP) is 4.48. The van der Waals surface area contributed by atoms with E-state index in [9.17, 15) is 14.7 Å². The van der Waals surface area contributed by atoms with Gasteiger partial charge >= 0.3 is 5.97 Å². The van der Waals surface area contributed by atoms with E-state index in [0.717, 1.165) is 5.39 Å². The lowest BCUT2D eigenvalue weighted by Gasteiger charge is -2.34. The number of nitrogens with zero attached hydrogens (tertiary/aromatic N) is 2. The SMILES string of the molecule is COc1ccc2c(c1)c(CC(=O)OCCN(CCO)C(C)(C)C)c(C)n2C(=O)c1ccc(Cl)cc1. The molecule has 35 heavy (non-hydrogen) atoms. The van der Waals surface area contributed by atoms with Gasteiger partial charge in [0.2, 0.25) is 0 Å². The van der Waals surface area contributed by atoms with Crippen molar-refractivity contribution in [2.45, 2.75) is 39.7 Å². The third kappa shape index (κ3) is 6.23. The molecule has 3 rings (SSSR count). The molecule has 0 saturated heterocycles. The number of carbonyl (C=O) groups is 2. The molecule has 0 aliphatic carbocycles. The summed E-state index contributed by atoms with van der Waals surface area (Å²) in [6, 6.07) is 12.2. The molecule has 0 saturated carbocycles. The minimum atomic E-state index is -0.383. The first-order valence-electron chi connectivity index (χ1n) is 11.6. The Morgan fingerprint density at radius 1 is 1.09 bits per heavy atom. The molecule has 0 fully saturated rings. The van der Waals surface area contributed by atoms with Crippen LogP contribution in [0, 0.1) is 6.92 Å². The van der Waals surface area contributed by atoms with E-state index in [2.05, 4.69) is 4.90 Å². The Morgan fingerprint density at radius 2 is 1.77 bits per heavy atom. The molecule has 0 spiro atoms. The van der Waals surface area contributed by atoms with Crippen LogP contribution in [0.3, 0.4) is 0 Å². The molecule has 188 valence electrons. The lowest BCUT2D eigenvalue weighted by molar-refractivity contribution is -0.143. The first-order valence-corrected chi connectivity index (χ1v) is 11.9. The Labute approximate surface area is 211 Å². The number of hydrogen-bond acceptors (Lipinski definition) is 6. The number of β-amino-alcohol motifs (C(OH)–C–C–N with tert-alkyl or cyclic N) is 1. The summed E-state index contributed by atoms with van der Waals surface area (Å²) in [5, 5.41) is 10.6. The summed E-state index contributed by atoms with van der Waals surface area (Å²) >= 11 is 5.99. The van der Waals surface area contributed by atoms with Crippen LogP contribution in [0.5, 0.6) is 5.75 Å². The average molecular weight is 501 g/mol. The molecule has 0 amide bonds. The lowest BCUT2D eigenvalue weighted by Crippen LogP contribution is -2.45. The van der Waals surface area contributed by atoms with Gasteiger partial charge in [-0.1, -0.05) is 11.6 Å². The van der Waals surface area contributed by atoms with Gasteiger partial charge in [0.05, 0.1) is 25.7 Å². The quantitative estimate of drug-likeness (QED) is 0.436. The van der Waals surface area contributed by atoms with Crippen LogP contribution in [0.2, 0.25) is 5.02 Å². The maximum atomic E-state index is 13.4. The average Bonchev–Trinajstić information content (AvgIpc) is 3.08. The number of esters is 1. The normalized spacial score (nSPS) is 11.8. The van der Waals surface area contributed by atoms with Gasteiger partial charge in [-0.15, -0.1) is 0 Å². The largest absolute Gasteiger partial charge is 0.497 e.